The summed E-state index contributed by atoms with van der Waals surface area (Å²) in [4.78, 5) is 4.52. The van der Waals surface area contributed by atoms with E-state index < -0.39 is 0 Å². The van der Waals surface area contributed by atoms with Crippen LogP contribution in [-0.2, 0) is 6.42 Å². The van der Waals surface area contributed by atoms with Crippen molar-refractivity contribution in [3.63, 3.8) is 0 Å². The largest absolute Gasteiger partial charge is 0.261 e. The number of rotatable bonds is 6. The molecule has 0 saturated heterocycles. The first-order chi connectivity index (χ1) is 7.59. The highest BCUT2D eigenvalue weighted by atomic mass is 14.7. The first-order valence-corrected chi connectivity index (χ1v) is 6.54. The summed E-state index contributed by atoms with van der Waals surface area (Å²) < 4.78 is 0. The number of unbranched alkanes of at least 4 members (excludes halogenated alkanes) is 1. The van der Waals surface area contributed by atoms with E-state index in [2.05, 4.69) is 44.8 Å². The van der Waals surface area contributed by atoms with Gasteiger partial charge in [0.2, 0.25) is 0 Å². The Kier molecular flexibility index (Phi) is 5.51. The normalized spacial score (nSPS) is 11.4. The van der Waals surface area contributed by atoms with Gasteiger partial charge in [-0.2, -0.15) is 0 Å². The first-order valence-electron chi connectivity index (χ1n) is 6.54. The molecule has 0 spiro atoms. The zero-order chi connectivity index (χ0) is 12.0. The van der Waals surface area contributed by atoms with Gasteiger partial charge in [-0.15, -0.1) is 0 Å². The average Bonchev–Trinajstić information content (AvgIpc) is 2.25. The predicted octanol–water partition coefficient (Wildman–Crippen LogP) is 4.57. The van der Waals surface area contributed by atoms with Crippen molar-refractivity contribution in [3.8, 4) is 0 Å². The summed E-state index contributed by atoms with van der Waals surface area (Å²) >= 11 is 0. The topological polar surface area (TPSA) is 12.9 Å². The van der Waals surface area contributed by atoms with Crippen LogP contribution in [0.5, 0.6) is 0 Å². The second-order valence-electron chi connectivity index (χ2n) is 5.38. The first kappa shape index (κ1) is 13.2. The summed E-state index contributed by atoms with van der Waals surface area (Å²) in [7, 11) is 0. The fraction of sp³-hybridized carbons (Fsp3) is 0.667. The third-order valence-corrected chi connectivity index (χ3v) is 2.98. The molecule has 0 bridgehead atoms. The van der Waals surface area contributed by atoms with Gasteiger partial charge in [0.25, 0.3) is 0 Å². The van der Waals surface area contributed by atoms with Crippen molar-refractivity contribution < 1.29 is 0 Å². The Bertz CT molecular complexity index is 285. The van der Waals surface area contributed by atoms with E-state index >= 15 is 0 Å². The molecular weight excluding hydrogens is 194 g/mol. The summed E-state index contributed by atoms with van der Waals surface area (Å²) in [5.74, 6) is 1.42. The zero-order valence-electron chi connectivity index (χ0n) is 11.2. The molecule has 1 nitrogen and oxygen atoms in total. The van der Waals surface area contributed by atoms with Gasteiger partial charge < -0.3 is 0 Å². The molecule has 16 heavy (non-hydrogen) atoms. The maximum absolute atomic E-state index is 4.52. The van der Waals surface area contributed by atoms with Crippen LogP contribution in [0.4, 0.5) is 0 Å². The lowest BCUT2D eigenvalue weighted by Crippen LogP contribution is -1.95. The van der Waals surface area contributed by atoms with Gasteiger partial charge in [0.15, 0.2) is 0 Å². The molecule has 0 amide bonds. The Morgan fingerprint density at radius 1 is 1.06 bits per heavy atom. The maximum Gasteiger partial charge on any atom is 0.0403 e. The predicted molar refractivity (Wildman–Crippen MR) is 70.7 cm³/mol. The van der Waals surface area contributed by atoms with Crippen LogP contribution in [0.25, 0.3) is 0 Å². The third kappa shape index (κ3) is 4.78. The van der Waals surface area contributed by atoms with Crippen molar-refractivity contribution in [1.82, 2.24) is 4.98 Å². The van der Waals surface area contributed by atoms with Gasteiger partial charge in [-0.1, -0.05) is 46.6 Å². The van der Waals surface area contributed by atoms with Crippen LogP contribution >= 0.6 is 0 Å². The molecule has 0 aliphatic carbocycles. The number of nitrogens with zero attached hydrogens (tertiary/aromatic N) is 1. The molecule has 0 fully saturated rings. The standard InChI is InChI=1S/C15H25N/c1-12(2)7-5-6-8-15-10-9-14(11-16-15)13(3)4/h9-13H,5-8H2,1-4H3. The monoisotopic (exact) mass is 219 g/mol. The molecule has 0 N–H and O–H groups in total. The van der Waals surface area contributed by atoms with Gasteiger partial charge in [-0.25, -0.2) is 0 Å². The molecule has 0 unspecified atom stereocenters. The Balaban J connectivity index is 2.32. The molecule has 0 radical (unpaired) electrons. The van der Waals surface area contributed by atoms with Gasteiger partial charge in [0.05, 0.1) is 0 Å². The van der Waals surface area contributed by atoms with Crippen molar-refractivity contribution in [2.75, 3.05) is 0 Å². The smallest absolute Gasteiger partial charge is 0.0403 e. The highest BCUT2D eigenvalue weighted by Gasteiger charge is 2.00. The second kappa shape index (κ2) is 6.67. The van der Waals surface area contributed by atoms with E-state index in [0.29, 0.717) is 5.92 Å². The van der Waals surface area contributed by atoms with Gasteiger partial charge in [0.1, 0.15) is 0 Å². The van der Waals surface area contributed by atoms with Crippen molar-refractivity contribution >= 4 is 0 Å². The highest BCUT2D eigenvalue weighted by Crippen LogP contribution is 2.14. The quantitative estimate of drug-likeness (QED) is 0.638. The number of hydrogen-bond donors (Lipinski definition) is 0. The van der Waals surface area contributed by atoms with Crippen molar-refractivity contribution in [2.24, 2.45) is 5.92 Å². The lowest BCUT2D eigenvalue weighted by Gasteiger charge is -2.06. The molecule has 0 aromatic carbocycles. The van der Waals surface area contributed by atoms with Gasteiger partial charge in [-0.05, 0) is 36.3 Å². The number of hydrogen-bond acceptors (Lipinski definition) is 1. The lowest BCUT2D eigenvalue weighted by atomic mass is 10.0. The minimum Gasteiger partial charge on any atom is -0.261 e. The molecule has 90 valence electrons. The van der Waals surface area contributed by atoms with Crippen molar-refractivity contribution in [1.29, 1.82) is 0 Å². The molecule has 1 aromatic heterocycles. The minimum absolute atomic E-state index is 0.586. The lowest BCUT2D eigenvalue weighted by molar-refractivity contribution is 0.536. The SMILES string of the molecule is CC(C)CCCCc1ccc(C(C)C)cn1. The number of pyridine rings is 1. The van der Waals surface area contributed by atoms with E-state index in [0.717, 1.165) is 12.3 Å². The fourth-order valence-electron chi connectivity index (χ4n) is 1.78. The summed E-state index contributed by atoms with van der Waals surface area (Å²) in [5, 5.41) is 0. The average molecular weight is 219 g/mol. The van der Waals surface area contributed by atoms with Crippen LogP contribution < -0.4 is 0 Å². The third-order valence-electron chi connectivity index (χ3n) is 2.98. The number of aromatic nitrogens is 1. The Labute approximate surface area is 100 Å². The van der Waals surface area contributed by atoms with E-state index in [-0.39, 0.29) is 0 Å². The Hall–Kier alpha value is -0.850. The summed E-state index contributed by atoms with van der Waals surface area (Å²) in [6.45, 7) is 8.99. The summed E-state index contributed by atoms with van der Waals surface area (Å²) in [6.07, 6.45) is 7.09. The van der Waals surface area contributed by atoms with E-state index in [1.54, 1.807) is 0 Å². The van der Waals surface area contributed by atoms with Crippen LogP contribution in [-0.4, -0.2) is 4.98 Å². The molecule has 0 atom stereocenters. The molecule has 1 aromatic rings. The summed E-state index contributed by atoms with van der Waals surface area (Å²) in [5.41, 5.74) is 2.58. The highest BCUT2D eigenvalue weighted by molar-refractivity contribution is 5.17. The molecule has 1 heteroatoms. The van der Waals surface area contributed by atoms with Crippen molar-refractivity contribution in [2.45, 2.75) is 59.3 Å². The van der Waals surface area contributed by atoms with E-state index in [1.807, 2.05) is 6.20 Å². The van der Waals surface area contributed by atoms with Crippen LogP contribution in [0.15, 0.2) is 18.3 Å². The summed E-state index contributed by atoms with van der Waals surface area (Å²) in [6, 6.07) is 4.40. The van der Waals surface area contributed by atoms with E-state index in [1.165, 1.54) is 30.5 Å². The minimum atomic E-state index is 0.586. The van der Waals surface area contributed by atoms with Gasteiger partial charge in [-0.3, -0.25) is 4.98 Å². The molecule has 0 aliphatic rings. The molecular formula is C15H25N. The fourth-order valence-corrected chi connectivity index (χ4v) is 1.78. The second-order valence-corrected chi connectivity index (χ2v) is 5.38. The zero-order valence-corrected chi connectivity index (χ0v) is 11.2. The molecule has 0 saturated carbocycles. The molecule has 1 heterocycles. The Morgan fingerprint density at radius 2 is 1.81 bits per heavy atom. The molecule has 0 aliphatic heterocycles. The van der Waals surface area contributed by atoms with Gasteiger partial charge in [0, 0.05) is 11.9 Å². The van der Waals surface area contributed by atoms with Crippen LogP contribution in [0.3, 0.4) is 0 Å². The van der Waals surface area contributed by atoms with E-state index in [4.69, 9.17) is 0 Å². The maximum atomic E-state index is 4.52. The Morgan fingerprint density at radius 3 is 2.31 bits per heavy atom. The van der Waals surface area contributed by atoms with Crippen LogP contribution in [0, 0.1) is 5.92 Å². The van der Waals surface area contributed by atoms with Crippen LogP contribution in [0.2, 0.25) is 0 Å². The van der Waals surface area contributed by atoms with Crippen LogP contribution in [0.1, 0.15) is 64.1 Å². The molecule has 1 rings (SSSR count). The van der Waals surface area contributed by atoms with Crippen molar-refractivity contribution in [3.05, 3.63) is 29.6 Å². The van der Waals surface area contributed by atoms with E-state index in [9.17, 15) is 0 Å². The number of aryl methyl sites for hydroxylation is 1. The van der Waals surface area contributed by atoms with Gasteiger partial charge >= 0.3 is 0 Å².